The molecule has 144 valence electrons. The van der Waals surface area contributed by atoms with Crippen molar-refractivity contribution in [1.29, 1.82) is 0 Å². The minimum absolute atomic E-state index is 0.171. The van der Waals surface area contributed by atoms with Gasteiger partial charge in [-0.3, -0.25) is 14.3 Å². The van der Waals surface area contributed by atoms with E-state index in [1.807, 2.05) is 0 Å². The van der Waals surface area contributed by atoms with E-state index in [1.165, 1.54) is 13.4 Å². The van der Waals surface area contributed by atoms with Gasteiger partial charge in [-0.05, 0) is 6.42 Å². The second-order valence-corrected chi connectivity index (χ2v) is 6.31. The molecule has 3 rings (SSSR count). The molecule has 0 radical (unpaired) electrons. The number of fused-ring (bicyclic) bond motifs is 1. The van der Waals surface area contributed by atoms with Gasteiger partial charge in [0.05, 0.1) is 12.9 Å². The summed E-state index contributed by atoms with van der Waals surface area (Å²) in [6.07, 6.45) is 1.34. The minimum atomic E-state index is -0.999. The molecule has 2 aromatic heterocycles. The van der Waals surface area contributed by atoms with E-state index in [0.29, 0.717) is 18.1 Å². The maximum Gasteiger partial charge on any atom is 0.280 e. The summed E-state index contributed by atoms with van der Waals surface area (Å²) in [5, 5.41) is 22.7. The van der Waals surface area contributed by atoms with Crippen LogP contribution < -0.4 is 10.9 Å². The predicted octanol–water partition coefficient (Wildman–Crippen LogP) is -0.0127. The maximum absolute atomic E-state index is 12.3. The number of H-pyrrole nitrogens is 1. The molecule has 4 N–H and O–H groups in total. The summed E-state index contributed by atoms with van der Waals surface area (Å²) in [7, 11) is 1.45. The number of rotatable bonds is 8. The van der Waals surface area contributed by atoms with Gasteiger partial charge < -0.3 is 25.0 Å². The fourth-order valence-electron chi connectivity index (χ4n) is 3.13. The van der Waals surface area contributed by atoms with Crippen molar-refractivity contribution < 1.29 is 19.7 Å². The second-order valence-electron chi connectivity index (χ2n) is 6.31. The Labute approximate surface area is 150 Å². The van der Waals surface area contributed by atoms with Crippen LogP contribution in [0.4, 0.5) is 5.95 Å². The molecular weight excluding hydrogens is 342 g/mol. The molecule has 2 aromatic rings. The number of ether oxygens (including phenoxy) is 2. The zero-order valence-electron chi connectivity index (χ0n) is 14.9. The lowest BCUT2D eigenvalue weighted by molar-refractivity contribution is -0.0583. The van der Waals surface area contributed by atoms with Gasteiger partial charge in [0.15, 0.2) is 17.4 Å². The molecule has 1 fully saturated rings. The Morgan fingerprint density at radius 3 is 2.96 bits per heavy atom. The van der Waals surface area contributed by atoms with Gasteiger partial charge in [-0.25, -0.2) is 4.98 Å². The number of anilines is 1. The predicted molar refractivity (Wildman–Crippen MR) is 94.0 cm³/mol. The standard InChI is InChI=1S/C16H25N5O5/c1-3-4-5-6-17-16-19-13-10(14(24)20-16)18-8-21(13)15-12(25-2)11(23)9(7-22)26-15/h8-9,11-12,15,22-23H,3-7H2,1-2H3,(H2,17,19,20,24)/t9-,11?,12?,15-/m1/s1. The summed E-state index contributed by atoms with van der Waals surface area (Å²) in [5.74, 6) is 0.353. The Hall–Kier alpha value is -2.01. The number of aliphatic hydroxyl groups excluding tert-OH is 2. The molecule has 0 saturated carbocycles. The van der Waals surface area contributed by atoms with Crippen molar-refractivity contribution in [3.05, 3.63) is 16.7 Å². The van der Waals surface area contributed by atoms with Gasteiger partial charge in [-0.15, -0.1) is 0 Å². The van der Waals surface area contributed by atoms with E-state index in [1.54, 1.807) is 4.57 Å². The molecule has 1 aliphatic heterocycles. The van der Waals surface area contributed by atoms with Crippen LogP contribution in [0, 0.1) is 0 Å². The molecule has 26 heavy (non-hydrogen) atoms. The fourth-order valence-corrected chi connectivity index (χ4v) is 3.13. The molecule has 3 heterocycles. The third-order valence-electron chi connectivity index (χ3n) is 4.54. The van der Waals surface area contributed by atoms with Crippen molar-refractivity contribution in [2.24, 2.45) is 0 Å². The van der Waals surface area contributed by atoms with Crippen LogP contribution in [0.5, 0.6) is 0 Å². The maximum atomic E-state index is 12.3. The lowest BCUT2D eigenvalue weighted by Crippen LogP contribution is -2.34. The van der Waals surface area contributed by atoms with Gasteiger partial charge in [0.2, 0.25) is 5.95 Å². The summed E-state index contributed by atoms with van der Waals surface area (Å²) in [5.41, 5.74) is 0.132. The summed E-state index contributed by atoms with van der Waals surface area (Å²) in [6, 6.07) is 0. The average molecular weight is 367 g/mol. The van der Waals surface area contributed by atoms with Crippen molar-refractivity contribution in [1.82, 2.24) is 19.5 Å². The van der Waals surface area contributed by atoms with Crippen LogP contribution in [-0.2, 0) is 9.47 Å². The molecule has 10 heteroatoms. The van der Waals surface area contributed by atoms with E-state index < -0.39 is 24.5 Å². The van der Waals surface area contributed by atoms with Gasteiger partial charge in [-0.1, -0.05) is 19.8 Å². The van der Waals surface area contributed by atoms with Gasteiger partial charge in [0, 0.05) is 13.7 Å². The Kier molecular flexibility index (Phi) is 5.87. The summed E-state index contributed by atoms with van der Waals surface area (Å²) >= 11 is 0. The molecule has 10 nitrogen and oxygen atoms in total. The highest BCUT2D eigenvalue weighted by molar-refractivity contribution is 5.70. The van der Waals surface area contributed by atoms with Crippen molar-refractivity contribution in [2.45, 2.75) is 50.7 Å². The molecule has 0 aromatic carbocycles. The van der Waals surface area contributed by atoms with E-state index in [-0.39, 0.29) is 17.7 Å². The number of nitrogens with one attached hydrogen (secondary N) is 2. The molecule has 1 aliphatic rings. The number of aromatic amines is 1. The molecular formula is C16H25N5O5. The third-order valence-corrected chi connectivity index (χ3v) is 4.54. The lowest BCUT2D eigenvalue weighted by Gasteiger charge is -2.20. The van der Waals surface area contributed by atoms with Gasteiger partial charge in [0.25, 0.3) is 5.56 Å². The van der Waals surface area contributed by atoms with Gasteiger partial charge in [0.1, 0.15) is 18.3 Å². The summed E-state index contributed by atoms with van der Waals surface area (Å²) in [4.78, 5) is 23.5. The quantitative estimate of drug-likeness (QED) is 0.479. The van der Waals surface area contributed by atoms with Crippen LogP contribution in [0.25, 0.3) is 11.2 Å². The van der Waals surface area contributed by atoms with Crippen molar-refractivity contribution >= 4 is 17.1 Å². The van der Waals surface area contributed by atoms with Crippen molar-refractivity contribution in [2.75, 3.05) is 25.6 Å². The fraction of sp³-hybridized carbons (Fsp3) is 0.688. The van der Waals surface area contributed by atoms with Crippen LogP contribution in [-0.4, -0.2) is 68.3 Å². The first-order valence-electron chi connectivity index (χ1n) is 8.78. The molecule has 1 saturated heterocycles. The van der Waals surface area contributed by atoms with Crippen molar-refractivity contribution in [3.63, 3.8) is 0 Å². The highest BCUT2D eigenvalue weighted by Crippen LogP contribution is 2.32. The van der Waals surface area contributed by atoms with E-state index >= 15 is 0 Å². The van der Waals surface area contributed by atoms with E-state index in [0.717, 1.165) is 19.3 Å². The van der Waals surface area contributed by atoms with Gasteiger partial charge >= 0.3 is 0 Å². The second kappa shape index (κ2) is 8.12. The Morgan fingerprint density at radius 2 is 2.27 bits per heavy atom. The number of aromatic nitrogens is 4. The van der Waals surface area contributed by atoms with Crippen molar-refractivity contribution in [3.8, 4) is 0 Å². The number of hydrogen-bond donors (Lipinski definition) is 4. The largest absolute Gasteiger partial charge is 0.394 e. The number of aliphatic hydroxyl groups is 2. The zero-order valence-corrected chi connectivity index (χ0v) is 14.9. The molecule has 4 atom stereocenters. The third kappa shape index (κ3) is 3.45. The Bertz CT molecular complexity index is 791. The first-order chi connectivity index (χ1) is 12.6. The molecule has 0 aliphatic carbocycles. The molecule has 2 unspecified atom stereocenters. The number of unbranched alkanes of at least 4 members (excludes halogenated alkanes) is 2. The van der Waals surface area contributed by atoms with Crippen LogP contribution in [0.1, 0.15) is 32.4 Å². The minimum Gasteiger partial charge on any atom is -0.394 e. The van der Waals surface area contributed by atoms with E-state index in [9.17, 15) is 15.0 Å². The van der Waals surface area contributed by atoms with Crippen LogP contribution in [0.3, 0.4) is 0 Å². The smallest absolute Gasteiger partial charge is 0.280 e. The first kappa shape index (κ1) is 18.8. The molecule has 0 bridgehead atoms. The highest BCUT2D eigenvalue weighted by Gasteiger charge is 2.45. The highest BCUT2D eigenvalue weighted by atomic mass is 16.6. The molecule has 0 spiro atoms. The summed E-state index contributed by atoms with van der Waals surface area (Å²) < 4.78 is 12.6. The topological polar surface area (TPSA) is 135 Å². The Morgan fingerprint density at radius 1 is 1.46 bits per heavy atom. The number of imidazole rings is 1. The SMILES string of the molecule is CCCCCNc1nc2c(ncn2[C@@H]2O[C@H](CO)C(O)C2OC)c(=O)[nH]1. The van der Waals surface area contributed by atoms with Gasteiger partial charge in [-0.2, -0.15) is 4.98 Å². The van der Waals surface area contributed by atoms with E-state index in [4.69, 9.17) is 9.47 Å². The average Bonchev–Trinajstić information content (AvgIpc) is 3.19. The normalized spacial score (nSPS) is 25.8. The number of hydrogen-bond acceptors (Lipinski definition) is 8. The van der Waals surface area contributed by atoms with Crippen LogP contribution >= 0.6 is 0 Å². The first-order valence-corrected chi connectivity index (χ1v) is 8.78. The number of nitrogens with zero attached hydrogens (tertiary/aromatic N) is 3. The summed E-state index contributed by atoms with van der Waals surface area (Å²) in [6.45, 7) is 2.47. The van der Waals surface area contributed by atoms with Crippen LogP contribution in [0.15, 0.2) is 11.1 Å². The molecule has 0 amide bonds. The lowest BCUT2D eigenvalue weighted by atomic mass is 10.1. The Balaban J connectivity index is 1.91. The number of methoxy groups -OCH3 is 1. The van der Waals surface area contributed by atoms with E-state index in [2.05, 4.69) is 27.2 Å². The van der Waals surface area contributed by atoms with Crippen LogP contribution in [0.2, 0.25) is 0 Å². The zero-order chi connectivity index (χ0) is 18.7. The monoisotopic (exact) mass is 367 g/mol.